The number of fused-ring (bicyclic) bond motifs is 1. The Hall–Kier alpha value is -1.32. The smallest absolute Gasteiger partial charge is 0.0541 e. The third-order valence-electron chi connectivity index (χ3n) is 4.31. The lowest BCUT2D eigenvalue weighted by atomic mass is 9.75. The molecule has 3 N–H and O–H groups in total. The normalized spacial score (nSPS) is 28.7. The highest BCUT2D eigenvalue weighted by Gasteiger charge is 2.33. The number of hydrogen-bond donors (Lipinski definition) is 2. The zero-order valence-corrected chi connectivity index (χ0v) is 10.8. The van der Waals surface area contributed by atoms with Crippen LogP contribution in [0.2, 0.25) is 0 Å². The predicted molar refractivity (Wildman–Crippen MR) is 73.3 cm³/mol. The molecule has 0 unspecified atom stereocenters. The maximum atomic E-state index is 9.65. The third-order valence-corrected chi connectivity index (χ3v) is 4.31. The van der Waals surface area contributed by atoms with Crippen molar-refractivity contribution in [1.82, 2.24) is 4.57 Å². The second-order valence-corrected chi connectivity index (χ2v) is 5.55. The summed E-state index contributed by atoms with van der Waals surface area (Å²) in [6.45, 7) is 0. The standard InChI is InChI=1S/C15H20N2O/c1-17-10-7-12-13(3-2-4-14(12)17)15(16)8-5-11(18)6-9-15/h2-4,7,10-11,18H,5-6,8-9,16H2,1H3. The summed E-state index contributed by atoms with van der Waals surface area (Å²) in [4.78, 5) is 0. The van der Waals surface area contributed by atoms with Crippen molar-refractivity contribution < 1.29 is 5.11 Å². The molecule has 1 fully saturated rings. The van der Waals surface area contributed by atoms with E-state index < -0.39 is 0 Å². The van der Waals surface area contributed by atoms with Crippen LogP contribution in [0, 0.1) is 0 Å². The van der Waals surface area contributed by atoms with E-state index >= 15 is 0 Å². The van der Waals surface area contributed by atoms with Crippen LogP contribution < -0.4 is 5.73 Å². The van der Waals surface area contributed by atoms with Gasteiger partial charge in [0.2, 0.25) is 0 Å². The van der Waals surface area contributed by atoms with E-state index in [2.05, 4.69) is 42.1 Å². The predicted octanol–water partition coefficient (Wildman–Crippen LogP) is 2.27. The summed E-state index contributed by atoms with van der Waals surface area (Å²) in [6, 6.07) is 8.49. The lowest BCUT2D eigenvalue weighted by Crippen LogP contribution is -2.41. The minimum atomic E-state index is -0.278. The van der Waals surface area contributed by atoms with Crippen LogP contribution in [0.4, 0.5) is 0 Å². The molecule has 3 rings (SSSR count). The van der Waals surface area contributed by atoms with Crippen LogP contribution in [-0.2, 0) is 12.6 Å². The molecule has 1 aliphatic rings. The van der Waals surface area contributed by atoms with E-state index in [0.717, 1.165) is 25.7 Å². The van der Waals surface area contributed by atoms with Gasteiger partial charge in [-0.1, -0.05) is 12.1 Å². The van der Waals surface area contributed by atoms with E-state index in [0.29, 0.717) is 0 Å². The van der Waals surface area contributed by atoms with E-state index in [-0.39, 0.29) is 11.6 Å². The molecule has 1 saturated carbocycles. The highest BCUT2D eigenvalue weighted by atomic mass is 16.3. The fourth-order valence-electron chi connectivity index (χ4n) is 3.12. The van der Waals surface area contributed by atoms with E-state index in [4.69, 9.17) is 5.73 Å². The molecular formula is C15H20N2O. The summed E-state index contributed by atoms with van der Waals surface area (Å²) in [5, 5.41) is 10.9. The fourth-order valence-corrected chi connectivity index (χ4v) is 3.12. The highest BCUT2D eigenvalue weighted by Crippen LogP contribution is 2.38. The van der Waals surface area contributed by atoms with Crippen molar-refractivity contribution in [2.45, 2.75) is 37.3 Å². The molecule has 1 heterocycles. The quantitative estimate of drug-likeness (QED) is 0.808. The van der Waals surface area contributed by atoms with E-state index in [9.17, 15) is 5.11 Å². The number of aromatic nitrogens is 1. The van der Waals surface area contributed by atoms with Crippen LogP contribution in [0.15, 0.2) is 30.5 Å². The molecule has 3 heteroatoms. The second-order valence-electron chi connectivity index (χ2n) is 5.55. The number of hydrogen-bond acceptors (Lipinski definition) is 2. The topological polar surface area (TPSA) is 51.2 Å². The number of nitrogens with zero attached hydrogens (tertiary/aromatic N) is 1. The van der Waals surface area contributed by atoms with E-state index in [1.807, 2.05) is 0 Å². The average Bonchev–Trinajstić information content (AvgIpc) is 2.75. The van der Waals surface area contributed by atoms with Crippen LogP contribution in [0.5, 0.6) is 0 Å². The van der Waals surface area contributed by atoms with Gasteiger partial charge in [-0.3, -0.25) is 0 Å². The number of aliphatic hydroxyl groups is 1. The van der Waals surface area contributed by atoms with Crippen LogP contribution in [0.1, 0.15) is 31.2 Å². The summed E-state index contributed by atoms with van der Waals surface area (Å²) in [7, 11) is 2.06. The number of benzene rings is 1. The summed E-state index contributed by atoms with van der Waals surface area (Å²) in [5.74, 6) is 0. The monoisotopic (exact) mass is 244 g/mol. The minimum absolute atomic E-state index is 0.170. The van der Waals surface area contributed by atoms with Gasteiger partial charge < -0.3 is 15.4 Å². The first kappa shape index (κ1) is 11.8. The Kier molecular flexibility index (Phi) is 2.68. The molecule has 0 bridgehead atoms. The SMILES string of the molecule is Cn1ccc2c(C3(N)CCC(O)CC3)cccc21. The maximum Gasteiger partial charge on any atom is 0.0541 e. The Morgan fingerprint density at radius 3 is 2.72 bits per heavy atom. The Morgan fingerprint density at radius 2 is 2.00 bits per heavy atom. The zero-order chi connectivity index (χ0) is 12.8. The molecule has 0 radical (unpaired) electrons. The molecule has 1 aromatic carbocycles. The molecule has 2 aromatic rings. The molecule has 18 heavy (non-hydrogen) atoms. The van der Waals surface area contributed by atoms with Gasteiger partial charge in [0.25, 0.3) is 0 Å². The molecule has 0 atom stereocenters. The Morgan fingerprint density at radius 1 is 1.28 bits per heavy atom. The lowest BCUT2D eigenvalue weighted by Gasteiger charge is -2.36. The van der Waals surface area contributed by atoms with Gasteiger partial charge in [-0.15, -0.1) is 0 Å². The molecular weight excluding hydrogens is 224 g/mol. The van der Waals surface area contributed by atoms with Crippen LogP contribution in [-0.4, -0.2) is 15.8 Å². The summed E-state index contributed by atoms with van der Waals surface area (Å²) in [5.41, 5.74) is 8.77. The number of aryl methyl sites for hydroxylation is 1. The molecule has 0 saturated heterocycles. The molecule has 0 spiro atoms. The van der Waals surface area contributed by atoms with Crippen LogP contribution >= 0.6 is 0 Å². The number of nitrogens with two attached hydrogens (primary N) is 1. The average molecular weight is 244 g/mol. The first-order chi connectivity index (χ1) is 8.60. The van der Waals surface area contributed by atoms with Gasteiger partial charge in [0.1, 0.15) is 0 Å². The largest absolute Gasteiger partial charge is 0.393 e. The van der Waals surface area contributed by atoms with Gasteiger partial charge in [-0.25, -0.2) is 0 Å². The fraction of sp³-hybridized carbons (Fsp3) is 0.467. The van der Waals surface area contributed by atoms with Crippen molar-refractivity contribution >= 4 is 10.9 Å². The van der Waals surface area contributed by atoms with Crippen molar-refractivity contribution in [1.29, 1.82) is 0 Å². The maximum absolute atomic E-state index is 9.65. The Balaban J connectivity index is 2.08. The summed E-state index contributed by atoms with van der Waals surface area (Å²) < 4.78 is 2.12. The number of rotatable bonds is 1. The van der Waals surface area contributed by atoms with E-state index in [1.54, 1.807) is 0 Å². The Bertz CT molecular complexity index is 565. The molecule has 0 aliphatic heterocycles. The van der Waals surface area contributed by atoms with Crippen molar-refractivity contribution in [3.8, 4) is 0 Å². The third kappa shape index (κ3) is 1.74. The van der Waals surface area contributed by atoms with Crippen molar-refractivity contribution in [2.24, 2.45) is 12.8 Å². The molecule has 1 aromatic heterocycles. The van der Waals surface area contributed by atoms with Crippen molar-refractivity contribution in [2.75, 3.05) is 0 Å². The lowest BCUT2D eigenvalue weighted by molar-refractivity contribution is 0.0973. The summed E-state index contributed by atoms with van der Waals surface area (Å²) in [6.07, 6.45) is 5.25. The first-order valence-electron chi connectivity index (χ1n) is 6.62. The highest BCUT2D eigenvalue weighted by molar-refractivity contribution is 5.84. The molecule has 1 aliphatic carbocycles. The number of aliphatic hydroxyl groups excluding tert-OH is 1. The Labute approximate surface area is 107 Å². The van der Waals surface area contributed by atoms with Gasteiger partial charge in [0, 0.05) is 29.7 Å². The van der Waals surface area contributed by atoms with Gasteiger partial charge in [0.15, 0.2) is 0 Å². The molecule has 3 nitrogen and oxygen atoms in total. The van der Waals surface area contributed by atoms with Crippen LogP contribution in [0.25, 0.3) is 10.9 Å². The minimum Gasteiger partial charge on any atom is -0.393 e. The van der Waals surface area contributed by atoms with Gasteiger partial charge in [-0.2, -0.15) is 0 Å². The molecule has 0 amide bonds. The van der Waals surface area contributed by atoms with Crippen LogP contribution in [0.3, 0.4) is 0 Å². The van der Waals surface area contributed by atoms with Gasteiger partial charge in [0.05, 0.1) is 6.10 Å². The molecule has 96 valence electrons. The summed E-state index contributed by atoms with van der Waals surface area (Å²) >= 11 is 0. The van der Waals surface area contributed by atoms with Crippen molar-refractivity contribution in [3.05, 3.63) is 36.0 Å². The first-order valence-corrected chi connectivity index (χ1v) is 6.62. The zero-order valence-electron chi connectivity index (χ0n) is 10.8. The second kappa shape index (κ2) is 4.11. The van der Waals surface area contributed by atoms with Gasteiger partial charge in [-0.05, 0) is 43.4 Å². The van der Waals surface area contributed by atoms with E-state index in [1.165, 1.54) is 16.5 Å². The van der Waals surface area contributed by atoms with Crippen molar-refractivity contribution in [3.63, 3.8) is 0 Å². The van der Waals surface area contributed by atoms with Gasteiger partial charge >= 0.3 is 0 Å².